The lowest BCUT2D eigenvalue weighted by atomic mass is 10.0. The number of nitrogens with two attached hydrogens (primary N) is 1. The molecule has 1 saturated heterocycles. The number of fused-ring (bicyclic) bond motifs is 1. The largest absolute Gasteiger partial charge is 0.508 e. The number of carbonyl (C=O) groups excluding carboxylic acids is 4. The summed E-state index contributed by atoms with van der Waals surface area (Å²) in [5.41, 5.74) is 8.22. The molecule has 3 aromatic rings. The Morgan fingerprint density at radius 3 is 2.27 bits per heavy atom. The fraction of sp³-hybridized carbons (Fsp3) is 0.441. The van der Waals surface area contributed by atoms with Gasteiger partial charge in [-0.3, -0.25) is 19.2 Å². The number of aromatic amines is 1. The van der Waals surface area contributed by atoms with Crippen molar-refractivity contribution in [2.24, 2.45) is 11.7 Å². The molecule has 9 N–H and O–H groups in total. The van der Waals surface area contributed by atoms with Crippen molar-refractivity contribution in [3.8, 4) is 5.75 Å². The van der Waals surface area contributed by atoms with E-state index in [2.05, 4.69) is 20.9 Å². The van der Waals surface area contributed by atoms with Gasteiger partial charge in [-0.05, 0) is 55.0 Å². The molecule has 0 aliphatic carbocycles. The van der Waals surface area contributed by atoms with Gasteiger partial charge in [-0.25, -0.2) is 4.79 Å². The van der Waals surface area contributed by atoms with Crippen LogP contribution in [0.3, 0.4) is 0 Å². The van der Waals surface area contributed by atoms with E-state index in [4.69, 9.17) is 5.73 Å². The van der Waals surface area contributed by atoms with Crippen LogP contribution in [0, 0.1) is 5.92 Å². The molecule has 48 heavy (non-hydrogen) atoms. The maximum atomic E-state index is 14.0. The quantitative estimate of drug-likeness (QED) is 0.120. The van der Waals surface area contributed by atoms with Crippen LogP contribution < -0.4 is 21.7 Å². The third-order valence-corrected chi connectivity index (χ3v) is 8.63. The Bertz CT molecular complexity index is 1620. The summed E-state index contributed by atoms with van der Waals surface area (Å²) in [5, 5.41) is 37.9. The highest BCUT2D eigenvalue weighted by Crippen LogP contribution is 2.23. The number of likely N-dealkylation sites (tertiary alicyclic amines) is 1. The summed E-state index contributed by atoms with van der Waals surface area (Å²) < 4.78 is 0. The monoisotopic (exact) mass is 664 g/mol. The maximum absolute atomic E-state index is 14.0. The molecule has 0 spiro atoms. The van der Waals surface area contributed by atoms with E-state index in [0.717, 1.165) is 10.9 Å². The number of carboxylic acid groups (broad SMARTS) is 1. The maximum Gasteiger partial charge on any atom is 0.328 e. The molecule has 14 nitrogen and oxygen atoms in total. The van der Waals surface area contributed by atoms with Gasteiger partial charge in [0.15, 0.2) is 6.04 Å². The van der Waals surface area contributed by atoms with Crippen molar-refractivity contribution in [1.29, 1.82) is 0 Å². The summed E-state index contributed by atoms with van der Waals surface area (Å²) >= 11 is 0. The van der Waals surface area contributed by atoms with Crippen LogP contribution in [0.2, 0.25) is 0 Å². The number of para-hydroxylation sites is 1. The molecule has 14 heteroatoms. The van der Waals surface area contributed by atoms with Gasteiger partial charge in [0, 0.05) is 36.5 Å². The Morgan fingerprint density at radius 2 is 1.62 bits per heavy atom. The first kappa shape index (κ1) is 35.9. The molecule has 0 bridgehead atoms. The molecule has 0 unspecified atom stereocenters. The third-order valence-electron chi connectivity index (χ3n) is 8.63. The molecule has 258 valence electrons. The fourth-order valence-corrected chi connectivity index (χ4v) is 5.78. The normalized spacial score (nSPS) is 17.7. The molecule has 0 saturated carbocycles. The molecule has 1 aromatic heterocycles. The summed E-state index contributed by atoms with van der Waals surface area (Å²) in [6.07, 6.45) is 1.12. The van der Waals surface area contributed by atoms with Gasteiger partial charge >= 0.3 is 5.97 Å². The van der Waals surface area contributed by atoms with Crippen LogP contribution >= 0.6 is 0 Å². The minimum absolute atomic E-state index is 0.0129. The number of aliphatic carboxylic acids is 1. The topological polar surface area (TPSA) is 227 Å². The van der Waals surface area contributed by atoms with E-state index in [1.165, 1.54) is 24.0 Å². The van der Waals surface area contributed by atoms with E-state index < -0.39 is 65.9 Å². The van der Waals surface area contributed by atoms with Crippen molar-refractivity contribution >= 4 is 40.5 Å². The van der Waals surface area contributed by atoms with Crippen molar-refractivity contribution in [3.05, 3.63) is 65.9 Å². The number of phenolic OH excluding ortho intramolecular Hbond substituents is 1. The van der Waals surface area contributed by atoms with Gasteiger partial charge in [0.25, 0.3) is 0 Å². The Labute approximate surface area is 278 Å². The second-order valence-corrected chi connectivity index (χ2v) is 12.6. The van der Waals surface area contributed by atoms with Crippen molar-refractivity contribution < 1.29 is 39.3 Å². The standard InChI is InChI=1S/C34H44N6O8/c1-18(2)28(35)32(45)38-26(15-20-10-12-22(42)13-11-20)33(46)40-14-6-9-27(40)31(44)37-25(30(43)39-29(19(3)41)34(47)48)16-21-17-36-24-8-5-4-7-23(21)24/h4-5,7-8,10-13,17-19,25-29,36,41-42H,6,9,14-16,35H2,1-3H3,(H,37,44)(H,38,45)(H,39,43)(H,47,48)/t19-,25+,26+,27+,28+,29+/m1/s1. The highest BCUT2D eigenvalue weighted by atomic mass is 16.4. The van der Waals surface area contributed by atoms with Gasteiger partial charge in [-0.15, -0.1) is 0 Å². The summed E-state index contributed by atoms with van der Waals surface area (Å²) in [7, 11) is 0. The number of benzene rings is 2. The number of nitrogens with one attached hydrogen (secondary N) is 4. The Morgan fingerprint density at radius 1 is 0.938 bits per heavy atom. The minimum atomic E-state index is -1.62. The number of phenols is 1. The Hall–Kier alpha value is -4.95. The second kappa shape index (κ2) is 15.8. The number of H-pyrrole nitrogens is 1. The van der Waals surface area contributed by atoms with Gasteiger partial charge in [-0.2, -0.15) is 0 Å². The number of aliphatic hydroxyl groups is 1. The highest BCUT2D eigenvalue weighted by molar-refractivity contribution is 5.96. The summed E-state index contributed by atoms with van der Waals surface area (Å²) in [5.74, 6) is -4.09. The number of aliphatic hydroxyl groups excluding tert-OH is 1. The van der Waals surface area contributed by atoms with Gasteiger partial charge in [0.2, 0.25) is 23.6 Å². The lowest BCUT2D eigenvalue weighted by molar-refractivity contribution is -0.145. The van der Waals surface area contributed by atoms with Crippen molar-refractivity contribution in [3.63, 3.8) is 0 Å². The number of rotatable bonds is 14. The molecule has 4 amide bonds. The molecule has 2 heterocycles. The average molecular weight is 665 g/mol. The Kier molecular flexibility index (Phi) is 11.8. The van der Waals surface area contributed by atoms with Crippen LogP contribution in [-0.4, -0.2) is 97.7 Å². The average Bonchev–Trinajstić information content (AvgIpc) is 3.70. The number of hydrogen-bond acceptors (Lipinski definition) is 8. The first-order valence-electron chi connectivity index (χ1n) is 16.0. The summed E-state index contributed by atoms with van der Waals surface area (Å²) in [4.78, 5) is 70.6. The van der Waals surface area contributed by atoms with E-state index in [1.807, 2.05) is 24.3 Å². The zero-order valence-corrected chi connectivity index (χ0v) is 27.2. The molecule has 4 rings (SSSR count). The van der Waals surface area contributed by atoms with E-state index in [1.54, 1.807) is 32.2 Å². The fourth-order valence-electron chi connectivity index (χ4n) is 5.78. The molecule has 0 radical (unpaired) electrons. The summed E-state index contributed by atoms with van der Waals surface area (Å²) in [6.45, 7) is 5.02. The molecule has 6 atom stereocenters. The second-order valence-electron chi connectivity index (χ2n) is 12.6. The van der Waals surface area contributed by atoms with Gasteiger partial charge in [-0.1, -0.05) is 44.2 Å². The first-order chi connectivity index (χ1) is 22.8. The van der Waals surface area contributed by atoms with Crippen LogP contribution in [0.5, 0.6) is 5.75 Å². The molecule has 1 fully saturated rings. The molecule has 1 aliphatic heterocycles. The van der Waals surface area contributed by atoms with E-state index in [-0.39, 0.29) is 37.5 Å². The number of aromatic nitrogens is 1. The number of carbonyl (C=O) groups is 5. The minimum Gasteiger partial charge on any atom is -0.508 e. The molecular formula is C34H44N6O8. The zero-order valence-electron chi connectivity index (χ0n) is 27.2. The van der Waals surface area contributed by atoms with E-state index >= 15 is 0 Å². The first-order valence-corrected chi connectivity index (χ1v) is 16.0. The highest BCUT2D eigenvalue weighted by Gasteiger charge is 2.40. The van der Waals surface area contributed by atoms with Gasteiger partial charge in [0.05, 0.1) is 12.1 Å². The predicted molar refractivity (Wildman–Crippen MR) is 176 cm³/mol. The van der Waals surface area contributed by atoms with Crippen LogP contribution in [0.4, 0.5) is 0 Å². The van der Waals surface area contributed by atoms with Gasteiger partial charge < -0.3 is 46.9 Å². The van der Waals surface area contributed by atoms with Crippen molar-refractivity contribution in [2.45, 2.75) is 82.8 Å². The zero-order chi connectivity index (χ0) is 35.1. The molecule has 2 aromatic carbocycles. The number of carboxylic acids is 1. The summed E-state index contributed by atoms with van der Waals surface area (Å²) in [6, 6.07) is 7.74. The lowest BCUT2D eigenvalue weighted by Gasteiger charge is -2.31. The van der Waals surface area contributed by atoms with E-state index in [0.29, 0.717) is 17.5 Å². The number of nitrogens with zero attached hydrogens (tertiary/aromatic N) is 1. The van der Waals surface area contributed by atoms with Crippen LogP contribution in [0.15, 0.2) is 54.7 Å². The molecule has 1 aliphatic rings. The third kappa shape index (κ3) is 8.69. The SMILES string of the molecule is CC(C)[C@H](N)C(=O)N[C@@H](Cc1ccc(O)cc1)C(=O)N1CCC[C@H]1C(=O)N[C@@H](Cc1c[nH]c2ccccc12)C(=O)N[C@H](C(=O)O)[C@@H](C)O. The lowest BCUT2D eigenvalue weighted by Crippen LogP contribution is -2.59. The Balaban J connectivity index is 1.58. The van der Waals surface area contributed by atoms with Crippen LogP contribution in [-0.2, 0) is 36.8 Å². The molecular weight excluding hydrogens is 620 g/mol. The van der Waals surface area contributed by atoms with Crippen LogP contribution in [0.1, 0.15) is 44.7 Å². The van der Waals surface area contributed by atoms with Gasteiger partial charge in [0.1, 0.15) is 23.9 Å². The number of amides is 4. The van der Waals surface area contributed by atoms with Crippen LogP contribution in [0.25, 0.3) is 10.9 Å². The van der Waals surface area contributed by atoms with Crippen molar-refractivity contribution in [2.75, 3.05) is 6.54 Å². The predicted octanol–water partition coefficient (Wildman–Crippen LogP) is 0.553. The van der Waals surface area contributed by atoms with Crippen molar-refractivity contribution in [1.82, 2.24) is 25.8 Å². The number of hydrogen-bond donors (Lipinski definition) is 8. The number of aromatic hydroxyl groups is 1. The smallest absolute Gasteiger partial charge is 0.328 e. The van der Waals surface area contributed by atoms with E-state index in [9.17, 15) is 39.3 Å².